The van der Waals surface area contributed by atoms with Gasteiger partial charge in [0.1, 0.15) is 0 Å². The highest BCUT2D eigenvalue weighted by Crippen LogP contribution is 2.13. The number of hydrogen-bond donors (Lipinski definition) is 0. The van der Waals surface area contributed by atoms with Gasteiger partial charge in [0.2, 0.25) is 0 Å². The average Bonchev–Trinajstić information content (AvgIpc) is 2.77. The Balaban J connectivity index is 3.25. The van der Waals surface area contributed by atoms with Crippen LogP contribution in [-0.4, -0.2) is 25.2 Å². The summed E-state index contributed by atoms with van der Waals surface area (Å²) in [6, 6.07) is 0. The molecule has 200 valence electrons. The van der Waals surface area contributed by atoms with Crippen LogP contribution in [0.4, 0.5) is 0 Å². The number of carbonyl (C=O) groups excluding carboxylic acids is 2. The lowest BCUT2D eigenvalue weighted by Gasteiger charge is -2.06. The number of ether oxygens (including phenoxy) is 2. The van der Waals surface area contributed by atoms with Crippen LogP contribution in [0, 0.1) is 11.8 Å². The van der Waals surface area contributed by atoms with E-state index in [4.69, 9.17) is 9.47 Å². The Bertz CT molecular complexity index is 496. The maximum Gasteiger partial charge on any atom is 0.305 e. The normalized spacial score (nSPS) is 11.6. The Morgan fingerprint density at radius 3 is 1.26 bits per heavy atom. The first-order chi connectivity index (χ1) is 16.4. The highest BCUT2D eigenvalue weighted by molar-refractivity contribution is 5.69. The van der Waals surface area contributed by atoms with Crippen LogP contribution < -0.4 is 0 Å². The maximum atomic E-state index is 11.6. The number of rotatable bonds is 24. The van der Waals surface area contributed by atoms with E-state index in [1.165, 1.54) is 57.8 Å². The SMILES string of the molecule is CC(C)CCOC(=O)CCCC/C=C/CCCCCCCCCCCCC(=O)OCCC(C)C. The van der Waals surface area contributed by atoms with Gasteiger partial charge in [-0.15, -0.1) is 0 Å². The third kappa shape index (κ3) is 26.9. The molecule has 0 spiro atoms. The molecule has 0 saturated heterocycles. The summed E-state index contributed by atoms with van der Waals surface area (Å²) < 4.78 is 10.5. The van der Waals surface area contributed by atoms with Crippen molar-refractivity contribution in [1.82, 2.24) is 0 Å². The molecule has 0 fully saturated rings. The van der Waals surface area contributed by atoms with Gasteiger partial charge in [0, 0.05) is 12.8 Å². The van der Waals surface area contributed by atoms with E-state index in [0.717, 1.165) is 44.9 Å². The second-order valence-corrected chi connectivity index (χ2v) is 10.6. The van der Waals surface area contributed by atoms with E-state index in [1.807, 2.05) is 0 Å². The molecule has 0 atom stereocenters. The molecule has 0 N–H and O–H groups in total. The molecular formula is C30H56O4. The molecule has 0 heterocycles. The maximum absolute atomic E-state index is 11.6. The molecule has 0 aliphatic carbocycles. The summed E-state index contributed by atoms with van der Waals surface area (Å²) in [5.41, 5.74) is 0. The van der Waals surface area contributed by atoms with Gasteiger partial charge in [0.15, 0.2) is 0 Å². The molecular weight excluding hydrogens is 424 g/mol. The summed E-state index contributed by atoms with van der Waals surface area (Å²) in [5, 5.41) is 0. The lowest BCUT2D eigenvalue weighted by atomic mass is 10.0. The molecule has 0 aliphatic heterocycles. The Morgan fingerprint density at radius 2 is 0.853 bits per heavy atom. The summed E-state index contributed by atoms with van der Waals surface area (Å²) in [4.78, 5) is 23.2. The summed E-state index contributed by atoms with van der Waals surface area (Å²) >= 11 is 0. The van der Waals surface area contributed by atoms with Crippen LogP contribution in [-0.2, 0) is 19.1 Å². The molecule has 0 unspecified atom stereocenters. The van der Waals surface area contributed by atoms with E-state index in [2.05, 4.69) is 39.8 Å². The van der Waals surface area contributed by atoms with Gasteiger partial charge >= 0.3 is 11.9 Å². The third-order valence-corrected chi connectivity index (χ3v) is 6.09. The van der Waals surface area contributed by atoms with Crippen molar-refractivity contribution >= 4 is 11.9 Å². The van der Waals surface area contributed by atoms with Crippen molar-refractivity contribution in [1.29, 1.82) is 0 Å². The van der Waals surface area contributed by atoms with Crippen LogP contribution in [0.1, 0.15) is 143 Å². The van der Waals surface area contributed by atoms with Gasteiger partial charge < -0.3 is 9.47 Å². The molecule has 0 radical (unpaired) electrons. The highest BCUT2D eigenvalue weighted by atomic mass is 16.5. The Hall–Kier alpha value is -1.32. The molecule has 0 amide bonds. The highest BCUT2D eigenvalue weighted by Gasteiger charge is 2.04. The zero-order chi connectivity index (χ0) is 25.3. The number of allylic oxidation sites excluding steroid dienone is 2. The first-order valence-corrected chi connectivity index (χ1v) is 14.4. The predicted molar refractivity (Wildman–Crippen MR) is 144 cm³/mol. The van der Waals surface area contributed by atoms with E-state index >= 15 is 0 Å². The summed E-state index contributed by atoms with van der Waals surface area (Å²) in [6.45, 7) is 9.72. The van der Waals surface area contributed by atoms with Gasteiger partial charge in [-0.05, 0) is 63.2 Å². The Kier molecular flexibility index (Phi) is 23.8. The molecule has 0 aromatic heterocycles. The lowest BCUT2D eigenvalue weighted by molar-refractivity contribution is -0.145. The van der Waals surface area contributed by atoms with Gasteiger partial charge in [0.05, 0.1) is 13.2 Å². The van der Waals surface area contributed by atoms with Crippen molar-refractivity contribution in [2.45, 2.75) is 143 Å². The number of hydrogen-bond acceptors (Lipinski definition) is 4. The van der Waals surface area contributed by atoms with Gasteiger partial charge in [-0.3, -0.25) is 9.59 Å². The second-order valence-electron chi connectivity index (χ2n) is 10.6. The van der Waals surface area contributed by atoms with Crippen molar-refractivity contribution in [2.75, 3.05) is 13.2 Å². The minimum absolute atomic E-state index is 0.0232. The van der Waals surface area contributed by atoms with Crippen LogP contribution in [0.15, 0.2) is 12.2 Å². The first kappa shape index (κ1) is 32.7. The zero-order valence-electron chi connectivity index (χ0n) is 23.1. The van der Waals surface area contributed by atoms with Crippen molar-refractivity contribution < 1.29 is 19.1 Å². The summed E-state index contributed by atoms with van der Waals surface area (Å²) in [7, 11) is 0. The second kappa shape index (κ2) is 24.8. The van der Waals surface area contributed by atoms with E-state index in [0.29, 0.717) is 37.9 Å². The molecule has 4 heteroatoms. The van der Waals surface area contributed by atoms with Gasteiger partial charge in [-0.25, -0.2) is 0 Å². The largest absolute Gasteiger partial charge is 0.466 e. The van der Waals surface area contributed by atoms with Crippen molar-refractivity contribution in [2.24, 2.45) is 11.8 Å². The quantitative estimate of drug-likeness (QED) is 0.0785. The van der Waals surface area contributed by atoms with E-state index < -0.39 is 0 Å². The zero-order valence-corrected chi connectivity index (χ0v) is 23.1. The van der Waals surface area contributed by atoms with Gasteiger partial charge in [-0.2, -0.15) is 0 Å². The Labute approximate surface area is 211 Å². The standard InChI is InChI=1S/C30H56O4/c1-27(2)23-25-33-29(31)21-19-17-15-13-11-9-7-5-6-8-10-12-14-16-18-20-22-30(32)34-26-24-28(3)4/h11,13,27-28H,5-10,12,14-26H2,1-4H3/b13-11+. The summed E-state index contributed by atoms with van der Waals surface area (Å²) in [5.74, 6) is 1.11. The topological polar surface area (TPSA) is 52.6 Å². The minimum atomic E-state index is -0.0425. The molecule has 0 aliphatic rings. The number of carbonyl (C=O) groups is 2. The van der Waals surface area contributed by atoms with Crippen molar-refractivity contribution in [3.63, 3.8) is 0 Å². The fourth-order valence-electron chi connectivity index (χ4n) is 3.67. The van der Waals surface area contributed by atoms with Crippen molar-refractivity contribution in [3.05, 3.63) is 12.2 Å². The minimum Gasteiger partial charge on any atom is -0.466 e. The van der Waals surface area contributed by atoms with E-state index in [9.17, 15) is 9.59 Å². The number of esters is 2. The fraction of sp³-hybridized carbons (Fsp3) is 0.867. The molecule has 0 saturated carbocycles. The number of unbranched alkanes of at least 4 members (excludes halogenated alkanes) is 12. The smallest absolute Gasteiger partial charge is 0.305 e. The average molecular weight is 481 g/mol. The molecule has 34 heavy (non-hydrogen) atoms. The monoisotopic (exact) mass is 480 g/mol. The molecule has 4 nitrogen and oxygen atoms in total. The van der Waals surface area contributed by atoms with Crippen LogP contribution in [0.5, 0.6) is 0 Å². The fourth-order valence-corrected chi connectivity index (χ4v) is 3.67. The van der Waals surface area contributed by atoms with Gasteiger partial charge in [-0.1, -0.05) is 91.2 Å². The molecule has 0 aromatic carbocycles. The van der Waals surface area contributed by atoms with Crippen LogP contribution in [0.2, 0.25) is 0 Å². The predicted octanol–water partition coefficient (Wildman–Crippen LogP) is 8.96. The van der Waals surface area contributed by atoms with Crippen LogP contribution in [0.25, 0.3) is 0 Å². The Morgan fingerprint density at radius 1 is 0.529 bits per heavy atom. The first-order valence-electron chi connectivity index (χ1n) is 14.4. The lowest BCUT2D eigenvalue weighted by Crippen LogP contribution is -2.07. The van der Waals surface area contributed by atoms with Crippen LogP contribution >= 0.6 is 0 Å². The van der Waals surface area contributed by atoms with Crippen LogP contribution in [0.3, 0.4) is 0 Å². The summed E-state index contributed by atoms with van der Waals surface area (Å²) in [6.07, 6.45) is 24.5. The van der Waals surface area contributed by atoms with Crippen molar-refractivity contribution in [3.8, 4) is 0 Å². The molecule has 0 rings (SSSR count). The van der Waals surface area contributed by atoms with E-state index in [1.54, 1.807) is 0 Å². The van der Waals surface area contributed by atoms with Gasteiger partial charge in [0.25, 0.3) is 0 Å². The molecule has 0 aromatic rings. The molecule has 0 bridgehead atoms. The van der Waals surface area contributed by atoms with E-state index in [-0.39, 0.29) is 11.9 Å². The third-order valence-electron chi connectivity index (χ3n) is 6.09.